The number of hydrogen-bond acceptors (Lipinski definition) is 6. The summed E-state index contributed by atoms with van der Waals surface area (Å²) in [5.41, 5.74) is 1.08. The number of aromatic nitrogens is 1. The van der Waals surface area contributed by atoms with Crippen molar-refractivity contribution in [2.75, 3.05) is 32.6 Å². The van der Waals surface area contributed by atoms with Crippen LogP contribution >= 0.6 is 0 Å². The fourth-order valence-electron chi connectivity index (χ4n) is 3.77. The largest absolute Gasteiger partial charge is 0.486 e. The topological polar surface area (TPSA) is 85.8 Å². The van der Waals surface area contributed by atoms with Gasteiger partial charge in [-0.3, -0.25) is 9.78 Å². The molecule has 4 rings (SSSR count). The lowest BCUT2D eigenvalue weighted by Crippen LogP contribution is -2.39. The molecule has 0 radical (unpaired) electrons. The maximum absolute atomic E-state index is 13.0. The second-order valence-electron chi connectivity index (χ2n) is 7.11. The van der Waals surface area contributed by atoms with Gasteiger partial charge in [0.15, 0.2) is 21.3 Å². The smallest absolute Gasteiger partial charge is 0.254 e. The van der Waals surface area contributed by atoms with Crippen LogP contribution in [0.3, 0.4) is 0 Å². The van der Waals surface area contributed by atoms with Crippen molar-refractivity contribution in [1.29, 1.82) is 0 Å². The van der Waals surface area contributed by atoms with Gasteiger partial charge in [-0.2, -0.15) is 0 Å². The SMILES string of the molecule is CS(=O)(=O)c1cccnc1[C@H]1CCCN(C(=O)c2ccc3c(c2)OCCO3)C1. The first kappa shape index (κ1) is 18.7. The second kappa shape index (κ2) is 7.43. The number of pyridine rings is 1. The third-order valence-electron chi connectivity index (χ3n) is 5.08. The van der Waals surface area contributed by atoms with E-state index in [1.54, 1.807) is 41.4 Å². The molecular formula is C20H22N2O5S. The number of nitrogens with zero attached hydrogens (tertiary/aromatic N) is 2. The molecule has 1 fully saturated rings. The average molecular weight is 402 g/mol. The van der Waals surface area contributed by atoms with E-state index in [-0.39, 0.29) is 16.7 Å². The Morgan fingerprint density at radius 2 is 1.96 bits per heavy atom. The van der Waals surface area contributed by atoms with Crippen LogP contribution in [0.15, 0.2) is 41.4 Å². The Hall–Kier alpha value is -2.61. The molecule has 148 valence electrons. The summed E-state index contributed by atoms with van der Waals surface area (Å²) in [5, 5.41) is 0. The molecule has 0 spiro atoms. The van der Waals surface area contributed by atoms with Crippen molar-refractivity contribution in [3.8, 4) is 11.5 Å². The number of sulfone groups is 1. The molecule has 0 saturated carbocycles. The van der Waals surface area contributed by atoms with Crippen LogP contribution in [0.1, 0.15) is 34.8 Å². The summed E-state index contributed by atoms with van der Waals surface area (Å²) in [5.74, 6) is 1.01. The van der Waals surface area contributed by atoms with Crippen molar-refractivity contribution >= 4 is 15.7 Å². The number of carbonyl (C=O) groups is 1. The van der Waals surface area contributed by atoms with Crippen molar-refractivity contribution < 1.29 is 22.7 Å². The number of likely N-dealkylation sites (tertiary alicyclic amines) is 1. The monoisotopic (exact) mass is 402 g/mol. The minimum Gasteiger partial charge on any atom is -0.486 e. The zero-order valence-electron chi connectivity index (χ0n) is 15.6. The normalized spacial score (nSPS) is 19.3. The van der Waals surface area contributed by atoms with Gasteiger partial charge in [0, 0.05) is 37.0 Å². The Bertz CT molecular complexity index is 1010. The van der Waals surface area contributed by atoms with Crippen molar-refractivity contribution in [3.63, 3.8) is 0 Å². The van der Waals surface area contributed by atoms with Crippen LogP contribution in [0.4, 0.5) is 0 Å². The number of carbonyl (C=O) groups excluding carboxylic acids is 1. The average Bonchev–Trinajstić information content (AvgIpc) is 2.72. The summed E-state index contributed by atoms with van der Waals surface area (Å²) in [4.78, 5) is 19.4. The van der Waals surface area contributed by atoms with E-state index in [4.69, 9.17) is 9.47 Å². The Balaban J connectivity index is 1.57. The number of ether oxygens (including phenoxy) is 2. The molecule has 0 bridgehead atoms. The summed E-state index contributed by atoms with van der Waals surface area (Å²) in [6, 6.07) is 8.41. The third kappa shape index (κ3) is 3.69. The quantitative estimate of drug-likeness (QED) is 0.783. The lowest BCUT2D eigenvalue weighted by atomic mass is 9.93. The molecular weight excluding hydrogens is 380 g/mol. The van der Waals surface area contributed by atoms with Crippen LogP contribution in [-0.2, 0) is 9.84 Å². The molecule has 2 aromatic rings. The molecule has 1 atom stereocenters. The minimum atomic E-state index is -3.38. The highest BCUT2D eigenvalue weighted by molar-refractivity contribution is 7.90. The van der Waals surface area contributed by atoms with Crippen molar-refractivity contribution in [2.24, 2.45) is 0 Å². The Kier molecular flexibility index (Phi) is 4.97. The first-order valence-electron chi connectivity index (χ1n) is 9.27. The highest BCUT2D eigenvalue weighted by Gasteiger charge is 2.30. The lowest BCUT2D eigenvalue weighted by molar-refractivity contribution is 0.0704. The van der Waals surface area contributed by atoms with Gasteiger partial charge in [0.2, 0.25) is 0 Å². The Morgan fingerprint density at radius 1 is 1.18 bits per heavy atom. The first-order chi connectivity index (χ1) is 13.4. The Morgan fingerprint density at radius 3 is 2.75 bits per heavy atom. The number of fused-ring (bicyclic) bond motifs is 1. The molecule has 3 heterocycles. The van der Waals surface area contributed by atoms with Gasteiger partial charge < -0.3 is 14.4 Å². The number of rotatable bonds is 3. The van der Waals surface area contributed by atoms with E-state index in [0.29, 0.717) is 49.1 Å². The van der Waals surface area contributed by atoms with Crippen molar-refractivity contribution in [2.45, 2.75) is 23.7 Å². The molecule has 1 amide bonds. The first-order valence-corrected chi connectivity index (χ1v) is 11.2. The molecule has 8 heteroatoms. The van der Waals surface area contributed by atoms with E-state index in [1.807, 2.05) is 0 Å². The Labute approximate surface area is 164 Å². The number of benzene rings is 1. The number of hydrogen-bond donors (Lipinski definition) is 0. The highest BCUT2D eigenvalue weighted by Crippen LogP contribution is 2.33. The number of piperidine rings is 1. The molecule has 1 aromatic carbocycles. The standard InChI is InChI=1S/C20H22N2O5S/c1-28(24,25)18-5-2-8-21-19(18)15-4-3-9-22(13-15)20(23)14-6-7-16-17(12-14)27-11-10-26-16/h2,5-8,12,15H,3-4,9-11,13H2,1H3/t15-/m0/s1. The van der Waals surface area contributed by atoms with Gasteiger partial charge in [0.25, 0.3) is 5.91 Å². The molecule has 2 aliphatic heterocycles. The van der Waals surface area contributed by atoms with Crippen LogP contribution in [0.5, 0.6) is 11.5 Å². The summed E-state index contributed by atoms with van der Waals surface area (Å²) in [7, 11) is -3.38. The molecule has 7 nitrogen and oxygen atoms in total. The molecule has 0 aliphatic carbocycles. The molecule has 1 aromatic heterocycles. The maximum Gasteiger partial charge on any atom is 0.254 e. The van der Waals surface area contributed by atoms with E-state index in [2.05, 4.69) is 4.98 Å². The lowest BCUT2D eigenvalue weighted by Gasteiger charge is -2.33. The maximum atomic E-state index is 13.0. The van der Waals surface area contributed by atoms with Gasteiger partial charge in [0.1, 0.15) is 13.2 Å². The van der Waals surface area contributed by atoms with Gasteiger partial charge in [-0.15, -0.1) is 0 Å². The summed E-state index contributed by atoms with van der Waals surface area (Å²) >= 11 is 0. The van der Waals surface area contributed by atoms with Gasteiger partial charge in [-0.1, -0.05) is 0 Å². The minimum absolute atomic E-state index is 0.0986. The molecule has 0 N–H and O–H groups in total. The van der Waals surface area contributed by atoms with Crippen LogP contribution < -0.4 is 9.47 Å². The zero-order chi connectivity index (χ0) is 19.7. The van der Waals surface area contributed by atoms with Gasteiger partial charge in [-0.05, 0) is 43.2 Å². The molecule has 1 saturated heterocycles. The predicted molar refractivity (Wildman–Crippen MR) is 103 cm³/mol. The molecule has 0 unspecified atom stereocenters. The van der Waals surface area contributed by atoms with Gasteiger partial charge in [0.05, 0.1) is 10.6 Å². The van der Waals surface area contributed by atoms with Crippen molar-refractivity contribution in [3.05, 3.63) is 47.8 Å². The zero-order valence-corrected chi connectivity index (χ0v) is 16.4. The highest BCUT2D eigenvalue weighted by atomic mass is 32.2. The van der Waals surface area contributed by atoms with E-state index in [0.717, 1.165) is 12.8 Å². The van der Waals surface area contributed by atoms with E-state index in [9.17, 15) is 13.2 Å². The second-order valence-corrected chi connectivity index (χ2v) is 9.09. The number of amides is 1. The van der Waals surface area contributed by atoms with Crippen molar-refractivity contribution in [1.82, 2.24) is 9.88 Å². The molecule has 2 aliphatic rings. The fraction of sp³-hybridized carbons (Fsp3) is 0.400. The van der Waals surface area contributed by atoms with E-state index >= 15 is 0 Å². The summed E-state index contributed by atoms with van der Waals surface area (Å²) < 4.78 is 35.3. The van der Waals surface area contributed by atoms with Crippen LogP contribution in [0.2, 0.25) is 0 Å². The van der Waals surface area contributed by atoms with Crippen LogP contribution in [0.25, 0.3) is 0 Å². The van der Waals surface area contributed by atoms with Crippen LogP contribution in [-0.4, -0.2) is 56.8 Å². The summed E-state index contributed by atoms with van der Waals surface area (Å²) in [6.45, 7) is 2.03. The van der Waals surface area contributed by atoms with Gasteiger partial charge >= 0.3 is 0 Å². The predicted octanol–water partition coefficient (Wildman–Crippen LogP) is 2.28. The third-order valence-corrected chi connectivity index (χ3v) is 6.23. The van der Waals surface area contributed by atoms with E-state index in [1.165, 1.54) is 6.26 Å². The summed E-state index contributed by atoms with van der Waals surface area (Å²) in [6.07, 6.45) is 4.38. The van der Waals surface area contributed by atoms with E-state index < -0.39 is 9.84 Å². The molecule has 28 heavy (non-hydrogen) atoms. The fourth-order valence-corrected chi connectivity index (χ4v) is 4.69. The van der Waals surface area contributed by atoms with Crippen LogP contribution in [0, 0.1) is 0 Å². The van der Waals surface area contributed by atoms with Gasteiger partial charge in [-0.25, -0.2) is 8.42 Å².